The van der Waals surface area contributed by atoms with Crippen LogP contribution in [0.4, 0.5) is 5.82 Å². The zero-order chi connectivity index (χ0) is 11.0. The van der Waals surface area contributed by atoms with Crippen molar-refractivity contribution in [3.05, 3.63) is 18.1 Å². The number of nitrogens with zero attached hydrogens (tertiary/aromatic N) is 2. The molecule has 0 unspecified atom stereocenters. The normalized spacial score (nSPS) is 16.3. The summed E-state index contributed by atoms with van der Waals surface area (Å²) in [6.07, 6.45) is 6.97. The molecule has 1 saturated carbocycles. The lowest BCUT2D eigenvalue weighted by molar-refractivity contribution is 0.309. The van der Waals surface area contributed by atoms with E-state index in [0.29, 0.717) is 0 Å². The molecule has 0 aromatic carbocycles. The monoisotopic (exact) mass is 216 g/mol. The van der Waals surface area contributed by atoms with Crippen molar-refractivity contribution < 1.29 is 0 Å². The molecule has 2 aromatic rings. The Morgan fingerprint density at radius 3 is 3.00 bits per heavy atom. The van der Waals surface area contributed by atoms with Crippen LogP contribution in [-0.2, 0) is 6.42 Å². The van der Waals surface area contributed by atoms with Crippen LogP contribution in [0.25, 0.3) is 11.0 Å². The van der Waals surface area contributed by atoms with Crippen LogP contribution in [0.15, 0.2) is 12.3 Å². The highest BCUT2D eigenvalue weighted by atomic mass is 15.0. The number of nitrogens with one attached hydrogen (secondary N) is 2. The average molecular weight is 216 g/mol. The number of aromatic amines is 1. The predicted octanol–water partition coefficient (Wildman–Crippen LogP) is 2.34. The molecule has 1 aliphatic rings. The van der Waals surface area contributed by atoms with Crippen molar-refractivity contribution in [3.63, 3.8) is 0 Å². The van der Waals surface area contributed by atoms with Crippen molar-refractivity contribution in [1.29, 1.82) is 0 Å². The van der Waals surface area contributed by atoms with Gasteiger partial charge in [-0.2, -0.15) is 0 Å². The molecule has 0 atom stereocenters. The molecule has 0 saturated heterocycles. The molecule has 1 aliphatic carbocycles. The van der Waals surface area contributed by atoms with Crippen molar-refractivity contribution in [2.45, 2.75) is 25.7 Å². The molecule has 2 aromatic heterocycles. The Balaban J connectivity index is 1.97. The first-order valence-electron chi connectivity index (χ1n) is 5.88. The van der Waals surface area contributed by atoms with Crippen molar-refractivity contribution in [2.75, 3.05) is 12.4 Å². The number of aromatic nitrogens is 3. The summed E-state index contributed by atoms with van der Waals surface area (Å²) in [5, 5.41) is 4.20. The third-order valence-electron chi connectivity index (χ3n) is 3.39. The Morgan fingerprint density at radius 1 is 1.44 bits per heavy atom. The number of H-pyrrole nitrogens is 1. The fraction of sp³-hybridized carbons (Fsp3) is 0.500. The van der Waals surface area contributed by atoms with Gasteiger partial charge in [-0.25, -0.2) is 9.97 Å². The third kappa shape index (κ3) is 1.54. The molecule has 1 fully saturated rings. The first-order valence-corrected chi connectivity index (χ1v) is 5.88. The van der Waals surface area contributed by atoms with E-state index in [1.807, 2.05) is 19.3 Å². The minimum Gasteiger partial charge on any atom is -0.372 e. The third-order valence-corrected chi connectivity index (χ3v) is 3.39. The Kier molecular flexibility index (Phi) is 2.27. The van der Waals surface area contributed by atoms with Crippen LogP contribution in [0.2, 0.25) is 0 Å². The van der Waals surface area contributed by atoms with Gasteiger partial charge < -0.3 is 10.3 Å². The van der Waals surface area contributed by atoms with E-state index >= 15 is 0 Å². The lowest BCUT2D eigenvalue weighted by Crippen LogP contribution is -2.15. The van der Waals surface area contributed by atoms with E-state index in [1.54, 1.807) is 0 Å². The second-order valence-electron chi connectivity index (χ2n) is 4.48. The average Bonchev–Trinajstić information content (AvgIpc) is 2.70. The zero-order valence-corrected chi connectivity index (χ0v) is 9.45. The number of anilines is 1. The molecule has 0 spiro atoms. The van der Waals surface area contributed by atoms with Gasteiger partial charge >= 0.3 is 0 Å². The summed E-state index contributed by atoms with van der Waals surface area (Å²) in [4.78, 5) is 12.3. The van der Waals surface area contributed by atoms with E-state index in [2.05, 4.69) is 20.3 Å². The van der Waals surface area contributed by atoms with E-state index in [0.717, 1.165) is 35.0 Å². The Hall–Kier alpha value is -1.58. The van der Waals surface area contributed by atoms with Crippen LogP contribution < -0.4 is 5.32 Å². The molecule has 0 amide bonds. The molecule has 2 heterocycles. The van der Waals surface area contributed by atoms with Crippen LogP contribution in [0.5, 0.6) is 0 Å². The van der Waals surface area contributed by atoms with Gasteiger partial charge in [-0.15, -0.1) is 0 Å². The quantitative estimate of drug-likeness (QED) is 0.828. The molecular weight excluding hydrogens is 200 g/mol. The summed E-state index contributed by atoms with van der Waals surface area (Å²) in [6.45, 7) is 0. The van der Waals surface area contributed by atoms with Gasteiger partial charge in [-0.1, -0.05) is 19.3 Å². The second kappa shape index (κ2) is 3.77. The summed E-state index contributed by atoms with van der Waals surface area (Å²) in [5.41, 5.74) is 0.939. The molecule has 4 heteroatoms. The Bertz CT molecular complexity index is 499. The topological polar surface area (TPSA) is 53.6 Å². The minimum absolute atomic E-state index is 0.803. The van der Waals surface area contributed by atoms with Gasteiger partial charge in [0.05, 0.1) is 5.39 Å². The van der Waals surface area contributed by atoms with Crippen molar-refractivity contribution in [2.24, 2.45) is 5.92 Å². The standard InChI is InChI=1S/C12H16N4/c1-13-11-9-5-6-14-12(9)16-10(15-11)7-8-3-2-4-8/h5-6,8H,2-4,7H2,1H3,(H2,13,14,15,16). The van der Waals surface area contributed by atoms with Crippen molar-refractivity contribution >= 4 is 16.9 Å². The highest BCUT2D eigenvalue weighted by Gasteiger charge is 2.19. The van der Waals surface area contributed by atoms with Gasteiger partial charge in [0.1, 0.15) is 17.3 Å². The first-order chi connectivity index (χ1) is 7.86. The summed E-state index contributed by atoms with van der Waals surface area (Å²) in [6, 6.07) is 2.01. The molecule has 4 nitrogen and oxygen atoms in total. The summed E-state index contributed by atoms with van der Waals surface area (Å²) in [7, 11) is 1.90. The smallest absolute Gasteiger partial charge is 0.143 e. The van der Waals surface area contributed by atoms with Crippen molar-refractivity contribution in [1.82, 2.24) is 15.0 Å². The number of hydrogen-bond acceptors (Lipinski definition) is 3. The largest absolute Gasteiger partial charge is 0.372 e. The second-order valence-corrected chi connectivity index (χ2v) is 4.48. The highest BCUT2D eigenvalue weighted by Crippen LogP contribution is 2.29. The van der Waals surface area contributed by atoms with Crippen LogP contribution in [-0.4, -0.2) is 22.0 Å². The molecule has 3 rings (SSSR count). The zero-order valence-electron chi connectivity index (χ0n) is 9.45. The van der Waals surface area contributed by atoms with Crippen LogP contribution in [0, 0.1) is 5.92 Å². The highest BCUT2D eigenvalue weighted by molar-refractivity contribution is 5.86. The minimum atomic E-state index is 0.803. The van der Waals surface area contributed by atoms with Gasteiger partial charge in [0.25, 0.3) is 0 Å². The van der Waals surface area contributed by atoms with E-state index in [-0.39, 0.29) is 0 Å². The molecular formula is C12H16N4. The Morgan fingerprint density at radius 2 is 2.31 bits per heavy atom. The number of fused-ring (bicyclic) bond motifs is 1. The molecule has 0 bridgehead atoms. The lowest BCUT2D eigenvalue weighted by Gasteiger charge is -2.24. The van der Waals surface area contributed by atoms with Crippen LogP contribution >= 0.6 is 0 Å². The number of hydrogen-bond donors (Lipinski definition) is 2. The SMILES string of the molecule is CNc1nc(CC2CCC2)nc2[nH]ccc12. The summed E-state index contributed by atoms with van der Waals surface area (Å²) in [5.74, 6) is 2.70. The molecule has 0 radical (unpaired) electrons. The first kappa shape index (κ1) is 9.63. The lowest BCUT2D eigenvalue weighted by atomic mass is 9.83. The molecule has 84 valence electrons. The van der Waals surface area contributed by atoms with Crippen LogP contribution in [0.3, 0.4) is 0 Å². The van der Waals surface area contributed by atoms with Gasteiger partial charge in [-0.05, 0) is 12.0 Å². The maximum atomic E-state index is 4.57. The molecule has 0 aliphatic heterocycles. The van der Waals surface area contributed by atoms with Gasteiger partial charge in [0.2, 0.25) is 0 Å². The predicted molar refractivity (Wildman–Crippen MR) is 64.5 cm³/mol. The summed E-state index contributed by atoms with van der Waals surface area (Å²) < 4.78 is 0. The fourth-order valence-corrected chi connectivity index (χ4v) is 2.22. The summed E-state index contributed by atoms with van der Waals surface area (Å²) >= 11 is 0. The maximum absolute atomic E-state index is 4.57. The van der Waals surface area contributed by atoms with E-state index in [1.165, 1.54) is 19.3 Å². The Labute approximate surface area is 94.5 Å². The van der Waals surface area contributed by atoms with E-state index in [9.17, 15) is 0 Å². The van der Waals surface area contributed by atoms with Crippen molar-refractivity contribution in [3.8, 4) is 0 Å². The fourth-order valence-electron chi connectivity index (χ4n) is 2.22. The van der Waals surface area contributed by atoms with Crippen LogP contribution in [0.1, 0.15) is 25.1 Å². The van der Waals surface area contributed by atoms with Gasteiger partial charge in [-0.3, -0.25) is 0 Å². The number of rotatable bonds is 3. The maximum Gasteiger partial charge on any atom is 0.143 e. The van der Waals surface area contributed by atoms with Gasteiger partial charge in [0.15, 0.2) is 0 Å². The van der Waals surface area contributed by atoms with Gasteiger partial charge in [0, 0.05) is 19.7 Å². The molecule has 2 N–H and O–H groups in total. The van der Waals surface area contributed by atoms with E-state index < -0.39 is 0 Å². The molecule has 16 heavy (non-hydrogen) atoms. The van der Waals surface area contributed by atoms with E-state index in [4.69, 9.17) is 0 Å².